The SMILES string of the molecule is CCC1=C(C)[C@H]2CC[C@H](C)C[C@@]2(C)C1=O. The second kappa shape index (κ2) is 3.47. The van der Waals surface area contributed by atoms with Gasteiger partial charge in [0.1, 0.15) is 0 Å². The summed E-state index contributed by atoms with van der Waals surface area (Å²) in [5.41, 5.74) is 2.49. The van der Waals surface area contributed by atoms with Crippen LogP contribution in [0.3, 0.4) is 0 Å². The van der Waals surface area contributed by atoms with Crippen LogP contribution in [0.4, 0.5) is 0 Å². The zero-order valence-electron chi connectivity index (χ0n) is 10.4. The Morgan fingerprint density at radius 1 is 1.40 bits per heavy atom. The van der Waals surface area contributed by atoms with Gasteiger partial charge in [-0.2, -0.15) is 0 Å². The molecule has 1 heteroatoms. The molecule has 1 saturated carbocycles. The molecule has 0 amide bonds. The third-order valence-corrected chi connectivity index (χ3v) is 4.63. The van der Waals surface area contributed by atoms with Crippen molar-refractivity contribution < 1.29 is 4.79 Å². The summed E-state index contributed by atoms with van der Waals surface area (Å²) in [6, 6.07) is 0. The number of carbonyl (C=O) groups excluding carboxylic acids is 1. The van der Waals surface area contributed by atoms with Gasteiger partial charge in [-0.3, -0.25) is 4.79 Å². The van der Waals surface area contributed by atoms with Crippen LogP contribution in [0, 0.1) is 17.3 Å². The summed E-state index contributed by atoms with van der Waals surface area (Å²) >= 11 is 0. The molecule has 0 radical (unpaired) electrons. The van der Waals surface area contributed by atoms with Crippen LogP contribution < -0.4 is 0 Å². The van der Waals surface area contributed by atoms with E-state index in [0.717, 1.165) is 24.3 Å². The number of Topliss-reactive ketones (excluding diaryl/α,β-unsaturated/α-hetero) is 1. The summed E-state index contributed by atoms with van der Waals surface area (Å²) in [7, 11) is 0. The fourth-order valence-electron chi connectivity index (χ4n) is 3.86. The minimum Gasteiger partial charge on any atom is -0.294 e. The van der Waals surface area contributed by atoms with Crippen molar-refractivity contribution in [3.63, 3.8) is 0 Å². The van der Waals surface area contributed by atoms with Crippen molar-refractivity contribution in [1.82, 2.24) is 0 Å². The van der Waals surface area contributed by atoms with Crippen LogP contribution in [0.25, 0.3) is 0 Å². The van der Waals surface area contributed by atoms with Crippen molar-refractivity contribution in [2.24, 2.45) is 17.3 Å². The van der Waals surface area contributed by atoms with E-state index in [1.54, 1.807) is 0 Å². The van der Waals surface area contributed by atoms with Crippen LogP contribution in [0.5, 0.6) is 0 Å². The molecular weight excluding hydrogens is 184 g/mol. The van der Waals surface area contributed by atoms with Gasteiger partial charge in [0.25, 0.3) is 0 Å². The summed E-state index contributed by atoms with van der Waals surface area (Å²) in [5, 5.41) is 0. The Hall–Kier alpha value is -0.590. The van der Waals surface area contributed by atoms with Crippen LogP contribution in [0.2, 0.25) is 0 Å². The van der Waals surface area contributed by atoms with Crippen molar-refractivity contribution >= 4 is 5.78 Å². The van der Waals surface area contributed by atoms with Gasteiger partial charge in [-0.25, -0.2) is 0 Å². The van der Waals surface area contributed by atoms with Crippen LogP contribution in [0.15, 0.2) is 11.1 Å². The monoisotopic (exact) mass is 206 g/mol. The minimum absolute atomic E-state index is 0.0485. The predicted octanol–water partition coefficient (Wildman–Crippen LogP) is 3.74. The van der Waals surface area contributed by atoms with Gasteiger partial charge in [-0.1, -0.05) is 32.8 Å². The highest BCUT2D eigenvalue weighted by atomic mass is 16.1. The highest BCUT2D eigenvalue weighted by molar-refractivity contribution is 6.03. The Morgan fingerprint density at radius 3 is 2.67 bits per heavy atom. The molecular formula is C14H22O. The van der Waals surface area contributed by atoms with Crippen LogP contribution in [-0.4, -0.2) is 5.78 Å². The zero-order chi connectivity index (χ0) is 11.2. The molecule has 1 fully saturated rings. The van der Waals surface area contributed by atoms with E-state index in [9.17, 15) is 4.79 Å². The molecule has 0 N–H and O–H groups in total. The lowest BCUT2D eigenvalue weighted by Gasteiger charge is -2.39. The molecule has 0 aliphatic heterocycles. The molecule has 84 valence electrons. The van der Waals surface area contributed by atoms with Gasteiger partial charge in [0.05, 0.1) is 0 Å². The van der Waals surface area contributed by atoms with Gasteiger partial charge in [-0.15, -0.1) is 0 Å². The molecule has 0 unspecified atom stereocenters. The van der Waals surface area contributed by atoms with Crippen LogP contribution >= 0.6 is 0 Å². The molecule has 15 heavy (non-hydrogen) atoms. The second-order valence-electron chi connectivity index (χ2n) is 5.70. The van der Waals surface area contributed by atoms with Gasteiger partial charge >= 0.3 is 0 Å². The third kappa shape index (κ3) is 1.39. The Balaban J connectivity index is 2.38. The van der Waals surface area contributed by atoms with Gasteiger partial charge in [0.15, 0.2) is 5.78 Å². The molecule has 2 aliphatic rings. The van der Waals surface area contributed by atoms with Crippen LogP contribution in [-0.2, 0) is 4.79 Å². The van der Waals surface area contributed by atoms with E-state index in [0.29, 0.717) is 11.7 Å². The standard InChI is InChI=1S/C14H22O/c1-5-11-10(3)12-7-6-9(2)8-14(12,4)13(11)15/h9,12H,5-8H2,1-4H3/t9-,12+,14+/m0/s1. The van der Waals surface area contributed by atoms with Crippen molar-refractivity contribution in [2.75, 3.05) is 0 Å². The van der Waals surface area contributed by atoms with E-state index >= 15 is 0 Å². The normalized spacial score (nSPS) is 40.9. The summed E-state index contributed by atoms with van der Waals surface area (Å²) < 4.78 is 0. The van der Waals surface area contributed by atoms with E-state index in [-0.39, 0.29) is 5.41 Å². The largest absolute Gasteiger partial charge is 0.294 e. The lowest BCUT2D eigenvalue weighted by molar-refractivity contribution is -0.127. The molecule has 1 nitrogen and oxygen atoms in total. The Labute approximate surface area is 92.9 Å². The molecule has 2 aliphatic carbocycles. The smallest absolute Gasteiger partial charge is 0.165 e. The molecule has 0 saturated heterocycles. The molecule has 0 aromatic carbocycles. The average molecular weight is 206 g/mol. The van der Waals surface area contributed by atoms with Crippen molar-refractivity contribution in [3.8, 4) is 0 Å². The Morgan fingerprint density at radius 2 is 2.07 bits per heavy atom. The first-order chi connectivity index (χ1) is 7.00. The molecule has 0 aromatic heterocycles. The number of hydrogen-bond donors (Lipinski definition) is 0. The quantitative estimate of drug-likeness (QED) is 0.638. The van der Waals surface area contributed by atoms with E-state index in [1.165, 1.54) is 18.4 Å². The minimum atomic E-state index is -0.0485. The van der Waals surface area contributed by atoms with Crippen molar-refractivity contribution in [1.29, 1.82) is 0 Å². The molecule has 0 spiro atoms. The number of rotatable bonds is 1. The van der Waals surface area contributed by atoms with Gasteiger partial charge in [-0.05, 0) is 43.6 Å². The van der Waals surface area contributed by atoms with Gasteiger partial charge in [0.2, 0.25) is 0 Å². The third-order valence-electron chi connectivity index (χ3n) is 4.63. The summed E-state index contributed by atoms with van der Waals surface area (Å²) in [6.45, 7) is 8.78. The first-order valence-electron chi connectivity index (χ1n) is 6.25. The first-order valence-corrected chi connectivity index (χ1v) is 6.25. The lowest BCUT2D eigenvalue weighted by Crippen LogP contribution is -2.36. The first kappa shape index (κ1) is 10.9. The number of hydrogen-bond acceptors (Lipinski definition) is 1. The second-order valence-corrected chi connectivity index (χ2v) is 5.70. The maximum Gasteiger partial charge on any atom is 0.165 e. The molecule has 0 aromatic rings. The predicted molar refractivity (Wildman–Crippen MR) is 62.6 cm³/mol. The van der Waals surface area contributed by atoms with Gasteiger partial charge < -0.3 is 0 Å². The van der Waals surface area contributed by atoms with E-state index in [4.69, 9.17) is 0 Å². The fraction of sp³-hybridized carbons (Fsp3) is 0.786. The average Bonchev–Trinajstić information content (AvgIpc) is 2.35. The molecule has 2 rings (SSSR count). The highest BCUT2D eigenvalue weighted by Gasteiger charge is 2.51. The summed E-state index contributed by atoms with van der Waals surface area (Å²) in [6.07, 6.45) is 4.53. The fourth-order valence-corrected chi connectivity index (χ4v) is 3.86. The number of fused-ring (bicyclic) bond motifs is 1. The Bertz CT molecular complexity index is 326. The lowest BCUT2D eigenvalue weighted by atomic mass is 9.64. The number of allylic oxidation sites excluding steroid dienone is 2. The van der Waals surface area contributed by atoms with E-state index in [1.807, 2.05) is 0 Å². The number of ketones is 1. The maximum absolute atomic E-state index is 12.4. The summed E-state index contributed by atoms with van der Waals surface area (Å²) in [4.78, 5) is 12.4. The van der Waals surface area contributed by atoms with Crippen molar-refractivity contribution in [2.45, 2.75) is 53.4 Å². The highest BCUT2D eigenvalue weighted by Crippen LogP contribution is 2.54. The van der Waals surface area contributed by atoms with Crippen molar-refractivity contribution in [3.05, 3.63) is 11.1 Å². The van der Waals surface area contributed by atoms with E-state index < -0.39 is 0 Å². The topological polar surface area (TPSA) is 17.1 Å². The van der Waals surface area contributed by atoms with E-state index in [2.05, 4.69) is 27.7 Å². The van der Waals surface area contributed by atoms with Gasteiger partial charge in [0, 0.05) is 5.41 Å². The number of carbonyl (C=O) groups is 1. The maximum atomic E-state index is 12.4. The zero-order valence-corrected chi connectivity index (χ0v) is 10.4. The summed E-state index contributed by atoms with van der Waals surface area (Å²) in [5.74, 6) is 1.73. The van der Waals surface area contributed by atoms with Crippen LogP contribution in [0.1, 0.15) is 53.4 Å². The Kier molecular flexibility index (Phi) is 2.52. The molecule has 0 bridgehead atoms. The molecule has 3 atom stereocenters. The molecule has 0 heterocycles.